The van der Waals surface area contributed by atoms with Gasteiger partial charge in [-0.1, -0.05) is 19.0 Å². The molecule has 3 heteroatoms. The van der Waals surface area contributed by atoms with Crippen LogP contribution in [0.3, 0.4) is 0 Å². The first-order chi connectivity index (χ1) is 5.36. The molecule has 64 valence electrons. The Kier molecular flexibility index (Phi) is 3.36. The summed E-state index contributed by atoms with van der Waals surface area (Å²) < 4.78 is 0. The van der Waals surface area contributed by atoms with Crippen molar-refractivity contribution in [1.82, 2.24) is 4.90 Å². The number of hydrogen-bond acceptors (Lipinski definition) is 3. The maximum atomic E-state index is 4.91. The van der Waals surface area contributed by atoms with Gasteiger partial charge in [-0.15, -0.1) is 0 Å². The van der Waals surface area contributed by atoms with Gasteiger partial charge in [0.15, 0.2) is 0 Å². The molecule has 0 N–H and O–H groups in total. The zero-order valence-electron chi connectivity index (χ0n) is 7.34. The monoisotopic (exact) mass is 156 g/mol. The Bertz CT molecular complexity index is 141. The normalized spacial score (nSPS) is 16.8. The van der Waals surface area contributed by atoms with Gasteiger partial charge in [0.2, 0.25) is 0 Å². The van der Waals surface area contributed by atoms with E-state index in [0.717, 1.165) is 32.7 Å². The van der Waals surface area contributed by atoms with Crippen molar-refractivity contribution >= 4 is 5.71 Å². The molecule has 0 saturated heterocycles. The van der Waals surface area contributed by atoms with Gasteiger partial charge in [0.25, 0.3) is 0 Å². The maximum Gasteiger partial charge on any atom is 0.122 e. The van der Waals surface area contributed by atoms with Crippen LogP contribution >= 0.6 is 0 Å². The largest absolute Gasteiger partial charge is 0.395 e. The lowest BCUT2D eigenvalue weighted by Crippen LogP contribution is -2.28. The lowest BCUT2D eigenvalue weighted by molar-refractivity contribution is 0.173. The van der Waals surface area contributed by atoms with Gasteiger partial charge in [-0.25, -0.2) is 0 Å². The number of rotatable bonds is 4. The van der Waals surface area contributed by atoms with Crippen LogP contribution in [0.1, 0.15) is 20.3 Å². The van der Waals surface area contributed by atoms with Crippen molar-refractivity contribution in [2.45, 2.75) is 20.3 Å². The summed E-state index contributed by atoms with van der Waals surface area (Å²) in [7, 11) is 0. The second-order valence-corrected chi connectivity index (χ2v) is 2.70. The molecular weight excluding hydrogens is 140 g/mol. The highest BCUT2D eigenvalue weighted by atomic mass is 16.6. The molecule has 1 rings (SSSR count). The van der Waals surface area contributed by atoms with Gasteiger partial charge in [0, 0.05) is 13.0 Å². The molecule has 0 aliphatic carbocycles. The second-order valence-electron chi connectivity index (χ2n) is 2.70. The number of oxime groups is 1. The fourth-order valence-corrected chi connectivity index (χ4v) is 1.16. The van der Waals surface area contributed by atoms with E-state index in [0.29, 0.717) is 0 Å². The van der Waals surface area contributed by atoms with E-state index >= 15 is 0 Å². The standard InChI is InChI=1S/C8H16N2O/c1-3-10(4-2)7-8-5-6-11-9-8/h3-7H2,1-2H3. The van der Waals surface area contributed by atoms with Crippen LogP contribution < -0.4 is 0 Å². The van der Waals surface area contributed by atoms with E-state index in [1.165, 1.54) is 5.71 Å². The summed E-state index contributed by atoms with van der Waals surface area (Å²) in [6.07, 6.45) is 1.01. The number of hydrogen-bond donors (Lipinski definition) is 0. The topological polar surface area (TPSA) is 24.8 Å². The van der Waals surface area contributed by atoms with Gasteiger partial charge in [-0.05, 0) is 13.1 Å². The Morgan fingerprint density at radius 2 is 2.18 bits per heavy atom. The molecule has 0 spiro atoms. The van der Waals surface area contributed by atoms with E-state index < -0.39 is 0 Å². The molecule has 1 heterocycles. The predicted molar refractivity (Wildman–Crippen MR) is 45.8 cm³/mol. The highest BCUT2D eigenvalue weighted by Gasteiger charge is 2.10. The average molecular weight is 156 g/mol. The summed E-state index contributed by atoms with van der Waals surface area (Å²) in [6, 6.07) is 0. The summed E-state index contributed by atoms with van der Waals surface area (Å²) in [5.74, 6) is 0. The molecule has 0 atom stereocenters. The van der Waals surface area contributed by atoms with Crippen LogP contribution in [0.4, 0.5) is 0 Å². The van der Waals surface area contributed by atoms with E-state index in [-0.39, 0.29) is 0 Å². The highest BCUT2D eigenvalue weighted by Crippen LogP contribution is 2.01. The minimum atomic E-state index is 0.774. The third-order valence-corrected chi connectivity index (χ3v) is 1.98. The fraction of sp³-hybridized carbons (Fsp3) is 0.875. The predicted octanol–water partition coefficient (Wildman–Crippen LogP) is 1.10. The highest BCUT2D eigenvalue weighted by molar-refractivity contribution is 5.86. The molecule has 1 aliphatic heterocycles. The smallest absolute Gasteiger partial charge is 0.122 e. The molecule has 0 unspecified atom stereocenters. The van der Waals surface area contributed by atoms with Crippen molar-refractivity contribution in [3.63, 3.8) is 0 Å². The van der Waals surface area contributed by atoms with Crippen LogP contribution in [-0.4, -0.2) is 36.9 Å². The van der Waals surface area contributed by atoms with Crippen molar-refractivity contribution in [3.05, 3.63) is 0 Å². The third-order valence-electron chi connectivity index (χ3n) is 1.98. The maximum absolute atomic E-state index is 4.91. The summed E-state index contributed by atoms with van der Waals surface area (Å²) in [4.78, 5) is 7.25. The molecule has 0 fully saturated rings. The van der Waals surface area contributed by atoms with Gasteiger partial charge in [0.05, 0.1) is 5.71 Å². The molecule has 0 bridgehead atoms. The summed E-state index contributed by atoms with van der Waals surface area (Å²) in [5.41, 5.74) is 1.19. The molecule has 1 aliphatic rings. The zero-order chi connectivity index (χ0) is 8.10. The fourth-order valence-electron chi connectivity index (χ4n) is 1.16. The first-order valence-corrected chi connectivity index (χ1v) is 4.26. The molecule has 0 radical (unpaired) electrons. The minimum absolute atomic E-state index is 0.774. The summed E-state index contributed by atoms with van der Waals surface area (Å²) in [6.45, 7) is 8.27. The molecular formula is C8H16N2O. The molecule has 0 aromatic heterocycles. The molecule has 0 aromatic rings. The molecule has 0 aromatic carbocycles. The molecule has 0 amide bonds. The second kappa shape index (κ2) is 4.34. The van der Waals surface area contributed by atoms with E-state index in [4.69, 9.17) is 4.84 Å². The van der Waals surface area contributed by atoms with E-state index in [2.05, 4.69) is 23.9 Å². The summed E-state index contributed by atoms with van der Waals surface area (Å²) in [5, 5.41) is 3.95. The van der Waals surface area contributed by atoms with Crippen molar-refractivity contribution in [3.8, 4) is 0 Å². The van der Waals surface area contributed by atoms with Crippen LogP contribution in [0.2, 0.25) is 0 Å². The molecule has 3 nitrogen and oxygen atoms in total. The lowest BCUT2D eigenvalue weighted by Gasteiger charge is -2.16. The Labute approximate surface area is 68.0 Å². The van der Waals surface area contributed by atoms with Gasteiger partial charge >= 0.3 is 0 Å². The van der Waals surface area contributed by atoms with Crippen LogP contribution in [0, 0.1) is 0 Å². The average Bonchev–Trinajstić information content (AvgIpc) is 2.52. The van der Waals surface area contributed by atoms with Crippen LogP contribution in [0.15, 0.2) is 5.16 Å². The van der Waals surface area contributed by atoms with Crippen LogP contribution in [0.25, 0.3) is 0 Å². The van der Waals surface area contributed by atoms with Crippen LogP contribution in [-0.2, 0) is 4.84 Å². The quantitative estimate of drug-likeness (QED) is 0.609. The summed E-state index contributed by atoms with van der Waals surface area (Å²) >= 11 is 0. The van der Waals surface area contributed by atoms with Crippen molar-refractivity contribution < 1.29 is 4.84 Å². The van der Waals surface area contributed by atoms with E-state index in [1.54, 1.807) is 0 Å². The first kappa shape index (κ1) is 8.53. The van der Waals surface area contributed by atoms with Crippen molar-refractivity contribution in [2.24, 2.45) is 5.16 Å². The Hall–Kier alpha value is -0.570. The van der Waals surface area contributed by atoms with E-state index in [1.807, 2.05) is 0 Å². The molecule has 0 saturated carbocycles. The Balaban J connectivity index is 2.27. The molecule has 11 heavy (non-hydrogen) atoms. The Morgan fingerprint density at radius 1 is 1.45 bits per heavy atom. The van der Waals surface area contributed by atoms with Crippen LogP contribution in [0.5, 0.6) is 0 Å². The van der Waals surface area contributed by atoms with Gasteiger partial charge in [-0.2, -0.15) is 0 Å². The minimum Gasteiger partial charge on any atom is -0.395 e. The SMILES string of the molecule is CCN(CC)CC1=NOCC1. The van der Waals surface area contributed by atoms with E-state index in [9.17, 15) is 0 Å². The van der Waals surface area contributed by atoms with Crippen molar-refractivity contribution in [1.29, 1.82) is 0 Å². The van der Waals surface area contributed by atoms with Gasteiger partial charge in [0.1, 0.15) is 6.61 Å². The zero-order valence-corrected chi connectivity index (χ0v) is 7.34. The lowest BCUT2D eigenvalue weighted by atomic mass is 10.2. The van der Waals surface area contributed by atoms with Crippen molar-refractivity contribution in [2.75, 3.05) is 26.2 Å². The third kappa shape index (κ3) is 2.50. The first-order valence-electron chi connectivity index (χ1n) is 4.26. The number of nitrogens with zero attached hydrogens (tertiary/aromatic N) is 2. The Morgan fingerprint density at radius 3 is 2.64 bits per heavy atom. The van der Waals surface area contributed by atoms with Gasteiger partial charge in [-0.3, -0.25) is 4.90 Å². The van der Waals surface area contributed by atoms with Gasteiger partial charge < -0.3 is 4.84 Å².